The summed E-state index contributed by atoms with van der Waals surface area (Å²) in [5.41, 5.74) is 1.18. The molecule has 2 unspecified atom stereocenters. The molecule has 0 radical (unpaired) electrons. The SMILES string of the molecule is OC1(c2cccc3nccn23)CC2CCCC(C1)N2. The molecule has 2 aliphatic rings. The van der Waals surface area contributed by atoms with Gasteiger partial charge in [0.1, 0.15) is 11.2 Å². The van der Waals surface area contributed by atoms with Crippen LogP contribution in [0.25, 0.3) is 5.65 Å². The van der Waals surface area contributed by atoms with E-state index in [1.54, 1.807) is 6.20 Å². The summed E-state index contributed by atoms with van der Waals surface area (Å²) in [7, 11) is 0. The first-order valence-electron chi connectivity index (χ1n) is 7.16. The fourth-order valence-electron chi connectivity index (χ4n) is 3.87. The van der Waals surface area contributed by atoms with Crippen LogP contribution in [0.3, 0.4) is 0 Å². The molecule has 4 heterocycles. The fourth-order valence-corrected chi connectivity index (χ4v) is 3.87. The third-order valence-electron chi connectivity index (χ3n) is 4.65. The molecular weight excluding hydrogens is 238 g/mol. The van der Waals surface area contributed by atoms with Crippen molar-refractivity contribution in [1.29, 1.82) is 0 Å². The molecule has 0 saturated carbocycles. The number of hydrogen-bond donors (Lipinski definition) is 2. The van der Waals surface area contributed by atoms with E-state index in [4.69, 9.17) is 0 Å². The predicted molar refractivity (Wildman–Crippen MR) is 72.9 cm³/mol. The molecule has 2 aromatic heterocycles. The summed E-state index contributed by atoms with van der Waals surface area (Å²) in [6.45, 7) is 0. The van der Waals surface area contributed by atoms with Gasteiger partial charge in [0, 0.05) is 24.5 Å². The van der Waals surface area contributed by atoms with Crippen LogP contribution in [0, 0.1) is 0 Å². The zero-order valence-electron chi connectivity index (χ0n) is 10.9. The Hall–Kier alpha value is -1.39. The van der Waals surface area contributed by atoms with Crippen molar-refractivity contribution in [2.24, 2.45) is 0 Å². The zero-order chi connectivity index (χ0) is 12.9. The maximum atomic E-state index is 11.2. The topological polar surface area (TPSA) is 49.6 Å². The molecule has 2 aromatic rings. The van der Waals surface area contributed by atoms with E-state index in [1.807, 2.05) is 28.8 Å². The number of rotatable bonds is 1. The highest BCUT2D eigenvalue weighted by atomic mass is 16.3. The van der Waals surface area contributed by atoms with Crippen molar-refractivity contribution < 1.29 is 5.11 Å². The Morgan fingerprint density at radius 1 is 1.26 bits per heavy atom. The number of imidazole rings is 1. The van der Waals surface area contributed by atoms with Gasteiger partial charge in [0.25, 0.3) is 0 Å². The highest BCUT2D eigenvalue weighted by Crippen LogP contribution is 2.39. The molecular formula is C15H19N3O. The smallest absolute Gasteiger partial charge is 0.136 e. The highest BCUT2D eigenvalue weighted by Gasteiger charge is 2.42. The van der Waals surface area contributed by atoms with Crippen molar-refractivity contribution in [2.45, 2.75) is 49.8 Å². The Morgan fingerprint density at radius 2 is 2.05 bits per heavy atom. The third kappa shape index (κ3) is 1.78. The van der Waals surface area contributed by atoms with Crippen LogP contribution in [-0.2, 0) is 5.60 Å². The molecule has 4 rings (SSSR count). The molecule has 0 spiro atoms. The van der Waals surface area contributed by atoms with Gasteiger partial charge < -0.3 is 14.8 Å². The van der Waals surface area contributed by atoms with Crippen molar-refractivity contribution in [2.75, 3.05) is 0 Å². The number of pyridine rings is 1. The summed E-state index contributed by atoms with van der Waals surface area (Å²) in [6.07, 6.45) is 9.00. The van der Waals surface area contributed by atoms with Crippen LogP contribution in [0.5, 0.6) is 0 Å². The Morgan fingerprint density at radius 3 is 2.84 bits per heavy atom. The second-order valence-corrected chi connectivity index (χ2v) is 6.00. The van der Waals surface area contributed by atoms with Gasteiger partial charge in [0.05, 0.1) is 5.69 Å². The lowest BCUT2D eigenvalue weighted by atomic mass is 9.75. The molecule has 4 heteroatoms. The first-order chi connectivity index (χ1) is 9.24. The van der Waals surface area contributed by atoms with Crippen LogP contribution in [0.4, 0.5) is 0 Å². The second kappa shape index (κ2) is 4.05. The van der Waals surface area contributed by atoms with Crippen LogP contribution in [0.2, 0.25) is 0 Å². The van der Waals surface area contributed by atoms with Crippen LogP contribution < -0.4 is 5.32 Å². The summed E-state index contributed by atoms with van der Waals surface area (Å²) in [5.74, 6) is 0. The van der Waals surface area contributed by atoms with E-state index in [0.717, 1.165) is 24.2 Å². The molecule has 100 valence electrons. The zero-order valence-corrected chi connectivity index (χ0v) is 10.9. The molecule has 2 aliphatic heterocycles. The standard InChI is InChI=1S/C15H19N3O/c19-15(9-11-3-1-4-12(10-15)17-11)13-5-2-6-14-16-7-8-18(13)14/h2,5-8,11-12,17,19H,1,3-4,9-10H2. The van der Waals surface area contributed by atoms with Crippen LogP contribution in [0.1, 0.15) is 37.8 Å². The minimum absolute atomic E-state index is 0.455. The van der Waals surface area contributed by atoms with E-state index in [-0.39, 0.29) is 0 Å². The monoisotopic (exact) mass is 257 g/mol. The van der Waals surface area contributed by atoms with Gasteiger partial charge in [-0.1, -0.05) is 12.5 Å². The van der Waals surface area contributed by atoms with Crippen LogP contribution in [0.15, 0.2) is 30.6 Å². The Bertz CT molecular complexity index is 594. The van der Waals surface area contributed by atoms with Gasteiger partial charge in [-0.3, -0.25) is 0 Å². The molecule has 2 N–H and O–H groups in total. The molecule has 2 fully saturated rings. The first kappa shape index (κ1) is 11.4. The number of nitrogens with zero attached hydrogens (tertiary/aromatic N) is 2. The summed E-state index contributed by atoms with van der Waals surface area (Å²) in [6, 6.07) is 6.92. The first-order valence-corrected chi connectivity index (χ1v) is 7.16. The van der Waals surface area contributed by atoms with Crippen molar-refractivity contribution in [3.05, 3.63) is 36.3 Å². The van der Waals surface area contributed by atoms with E-state index >= 15 is 0 Å². The van der Waals surface area contributed by atoms with Crippen molar-refractivity contribution in [1.82, 2.24) is 14.7 Å². The van der Waals surface area contributed by atoms with Gasteiger partial charge in [0.2, 0.25) is 0 Å². The van der Waals surface area contributed by atoms with Crippen LogP contribution in [-0.4, -0.2) is 26.6 Å². The minimum atomic E-state index is -0.721. The minimum Gasteiger partial charge on any atom is -0.383 e. The summed E-state index contributed by atoms with van der Waals surface area (Å²) >= 11 is 0. The van der Waals surface area contributed by atoms with Crippen LogP contribution >= 0.6 is 0 Å². The normalized spacial score (nSPS) is 34.6. The Labute approximate surface area is 112 Å². The molecule has 0 aliphatic carbocycles. The number of fused-ring (bicyclic) bond motifs is 3. The Kier molecular flexibility index (Phi) is 2.44. The largest absolute Gasteiger partial charge is 0.383 e. The van der Waals surface area contributed by atoms with Crippen molar-refractivity contribution >= 4 is 5.65 Å². The van der Waals surface area contributed by atoms with Gasteiger partial charge in [0.15, 0.2) is 0 Å². The summed E-state index contributed by atoms with van der Waals surface area (Å²) in [5, 5.41) is 14.8. The average Bonchev–Trinajstić information content (AvgIpc) is 2.85. The lowest BCUT2D eigenvalue weighted by Crippen LogP contribution is -2.54. The lowest BCUT2D eigenvalue weighted by Gasteiger charge is -2.45. The van der Waals surface area contributed by atoms with Gasteiger partial charge in [-0.05, 0) is 37.8 Å². The Balaban J connectivity index is 1.80. The fraction of sp³-hybridized carbons (Fsp3) is 0.533. The number of nitrogens with one attached hydrogen (secondary N) is 1. The molecule has 19 heavy (non-hydrogen) atoms. The molecule has 2 bridgehead atoms. The number of aromatic nitrogens is 2. The van der Waals surface area contributed by atoms with E-state index in [1.165, 1.54) is 19.3 Å². The van der Waals surface area contributed by atoms with E-state index < -0.39 is 5.60 Å². The molecule has 2 atom stereocenters. The maximum absolute atomic E-state index is 11.2. The molecule has 0 amide bonds. The highest BCUT2D eigenvalue weighted by molar-refractivity contribution is 5.41. The quantitative estimate of drug-likeness (QED) is 0.819. The van der Waals surface area contributed by atoms with Gasteiger partial charge in [-0.2, -0.15) is 0 Å². The predicted octanol–water partition coefficient (Wildman–Crippen LogP) is 1.83. The van der Waals surface area contributed by atoms with E-state index in [9.17, 15) is 5.11 Å². The molecule has 0 aromatic carbocycles. The summed E-state index contributed by atoms with van der Waals surface area (Å²) < 4.78 is 2.03. The summed E-state index contributed by atoms with van der Waals surface area (Å²) in [4.78, 5) is 4.31. The van der Waals surface area contributed by atoms with E-state index in [2.05, 4.69) is 10.3 Å². The van der Waals surface area contributed by atoms with Gasteiger partial charge >= 0.3 is 0 Å². The maximum Gasteiger partial charge on any atom is 0.136 e. The number of aliphatic hydroxyl groups is 1. The lowest BCUT2D eigenvalue weighted by molar-refractivity contribution is -0.0400. The van der Waals surface area contributed by atoms with E-state index in [0.29, 0.717) is 12.1 Å². The van der Waals surface area contributed by atoms with Gasteiger partial charge in [-0.15, -0.1) is 0 Å². The van der Waals surface area contributed by atoms with Gasteiger partial charge in [-0.25, -0.2) is 4.98 Å². The number of hydrogen-bond acceptors (Lipinski definition) is 3. The second-order valence-electron chi connectivity index (χ2n) is 6.00. The average molecular weight is 257 g/mol. The van der Waals surface area contributed by atoms with Crippen molar-refractivity contribution in [3.8, 4) is 0 Å². The molecule has 2 saturated heterocycles. The number of piperidine rings is 2. The molecule has 4 nitrogen and oxygen atoms in total. The third-order valence-corrected chi connectivity index (χ3v) is 4.65. The van der Waals surface area contributed by atoms with Crippen molar-refractivity contribution in [3.63, 3.8) is 0 Å².